The molecule has 0 spiro atoms. The first kappa shape index (κ1) is 15.9. The third-order valence-corrected chi connectivity index (χ3v) is 4.70. The predicted molar refractivity (Wildman–Crippen MR) is 90.1 cm³/mol. The van der Waals surface area contributed by atoms with E-state index in [1.807, 2.05) is 18.0 Å². The molecule has 5 heteroatoms. The van der Waals surface area contributed by atoms with Crippen molar-refractivity contribution in [1.82, 2.24) is 9.88 Å². The average Bonchev–Trinajstić information content (AvgIpc) is 2.86. The van der Waals surface area contributed by atoms with Crippen LogP contribution < -0.4 is 10.7 Å². The maximum Gasteiger partial charge on any atom is 0.326 e. The number of fused-ring (bicyclic) bond motifs is 3. The van der Waals surface area contributed by atoms with Crippen LogP contribution in [0.15, 0.2) is 6.08 Å². The van der Waals surface area contributed by atoms with Crippen molar-refractivity contribution in [3.63, 3.8) is 0 Å². The zero-order chi connectivity index (χ0) is 16.7. The zero-order valence-corrected chi connectivity index (χ0v) is 14.1. The highest BCUT2D eigenvalue weighted by Crippen LogP contribution is 2.24. The van der Waals surface area contributed by atoms with E-state index in [-0.39, 0.29) is 6.10 Å². The molecule has 0 bridgehead atoms. The lowest BCUT2D eigenvalue weighted by Crippen LogP contribution is -2.46. The lowest BCUT2D eigenvalue weighted by atomic mass is 9.93. The lowest BCUT2D eigenvalue weighted by Gasteiger charge is -2.33. The highest BCUT2D eigenvalue weighted by atomic mass is 16.5. The van der Waals surface area contributed by atoms with Crippen molar-refractivity contribution in [3.8, 4) is 0 Å². The molecule has 0 fully saturated rings. The number of aliphatic carboxylic acids is 1. The minimum absolute atomic E-state index is 0.0378. The Balaban J connectivity index is 2.22. The molecule has 3 rings (SSSR count). The molecule has 5 nitrogen and oxygen atoms in total. The Morgan fingerprint density at radius 1 is 1.52 bits per heavy atom. The van der Waals surface area contributed by atoms with Gasteiger partial charge in [-0.25, -0.2) is 4.79 Å². The van der Waals surface area contributed by atoms with Crippen LogP contribution in [0, 0.1) is 5.92 Å². The first-order valence-corrected chi connectivity index (χ1v) is 8.05. The first-order valence-electron chi connectivity index (χ1n) is 8.05. The van der Waals surface area contributed by atoms with Gasteiger partial charge < -0.3 is 19.7 Å². The van der Waals surface area contributed by atoms with E-state index in [4.69, 9.17) is 4.74 Å². The quantitative estimate of drug-likeness (QED) is 0.867. The summed E-state index contributed by atoms with van der Waals surface area (Å²) in [4.78, 5) is 17.1. The van der Waals surface area contributed by atoms with Crippen LogP contribution >= 0.6 is 0 Å². The summed E-state index contributed by atoms with van der Waals surface area (Å²) in [6.45, 7) is 4.31. The third kappa shape index (κ3) is 2.70. The second-order valence-corrected chi connectivity index (χ2v) is 6.75. The largest absolute Gasteiger partial charge is 0.480 e. The van der Waals surface area contributed by atoms with E-state index in [2.05, 4.69) is 31.0 Å². The molecule has 23 heavy (non-hydrogen) atoms. The number of aromatic amines is 1. The van der Waals surface area contributed by atoms with Crippen LogP contribution in [0.4, 0.5) is 0 Å². The van der Waals surface area contributed by atoms with Gasteiger partial charge >= 0.3 is 5.97 Å². The summed E-state index contributed by atoms with van der Waals surface area (Å²) in [5.41, 5.74) is 3.30. The third-order valence-electron chi connectivity index (χ3n) is 4.70. The van der Waals surface area contributed by atoms with Crippen LogP contribution in [0.5, 0.6) is 0 Å². The summed E-state index contributed by atoms with van der Waals surface area (Å²) in [5.74, 6) is -0.313. The summed E-state index contributed by atoms with van der Waals surface area (Å²) < 4.78 is 5.38. The topological polar surface area (TPSA) is 65.6 Å². The summed E-state index contributed by atoms with van der Waals surface area (Å²) in [5, 5.41) is 11.7. The molecule has 0 unspecified atom stereocenters. The summed E-state index contributed by atoms with van der Waals surface area (Å²) in [6.07, 6.45) is 7.44. The molecule has 0 radical (unpaired) electrons. The maximum atomic E-state index is 11.7. The Bertz CT molecular complexity index is 773. The highest BCUT2D eigenvalue weighted by molar-refractivity contribution is 5.77. The molecule has 124 valence electrons. The zero-order valence-electron chi connectivity index (χ0n) is 14.1. The van der Waals surface area contributed by atoms with Crippen molar-refractivity contribution in [3.05, 3.63) is 27.9 Å². The number of aromatic nitrogens is 1. The number of rotatable bonds is 4. The van der Waals surface area contributed by atoms with Crippen LogP contribution in [0.3, 0.4) is 0 Å². The van der Waals surface area contributed by atoms with Crippen molar-refractivity contribution >= 4 is 23.8 Å². The Morgan fingerprint density at radius 3 is 2.87 bits per heavy atom. The number of hydrogen-bond acceptors (Lipinski definition) is 3. The van der Waals surface area contributed by atoms with Gasteiger partial charge in [0.25, 0.3) is 0 Å². The fraction of sp³-hybridized carbons (Fsp3) is 0.500. The Kier molecular flexibility index (Phi) is 4.06. The van der Waals surface area contributed by atoms with E-state index in [9.17, 15) is 9.90 Å². The predicted octanol–water partition coefficient (Wildman–Crippen LogP) is 0.932. The molecule has 2 heterocycles. The standard InChI is InChI=1S/C18H24N2O3/c1-10(2)7-15-17-13(9-16(18(21)22)20(15)3)12-6-5-11(23-4)8-14(12)19-17/h5-6,8,10-11,16,19H,7,9H2,1-4H3,(H,21,22)/t11-,16-/m0/s1. The molecule has 0 saturated heterocycles. The van der Waals surface area contributed by atoms with Gasteiger partial charge in [0, 0.05) is 37.2 Å². The number of methoxy groups -OCH3 is 1. The van der Waals surface area contributed by atoms with E-state index < -0.39 is 12.0 Å². The molecule has 2 atom stereocenters. The summed E-state index contributed by atoms with van der Waals surface area (Å²) in [7, 11) is 3.57. The van der Waals surface area contributed by atoms with E-state index in [1.54, 1.807) is 7.11 Å². The molecule has 2 aliphatic rings. The molecule has 1 aromatic rings. The average molecular weight is 316 g/mol. The molecule has 0 amide bonds. The fourth-order valence-corrected chi connectivity index (χ4v) is 3.49. The number of nitrogens with zero attached hydrogens (tertiary/aromatic N) is 1. The minimum atomic E-state index is -0.770. The number of carbonyl (C=O) groups is 1. The van der Waals surface area contributed by atoms with Gasteiger partial charge in [0.2, 0.25) is 0 Å². The fourth-order valence-electron chi connectivity index (χ4n) is 3.49. The van der Waals surface area contributed by atoms with Gasteiger partial charge in [-0.1, -0.05) is 26.0 Å². The van der Waals surface area contributed by atoms with E-state index >= 15 is 0 Å². The number of ether oxygens (including phenoxy) is 1. The van der Waals surface area contributed by atoms with Crippen molar-refractivity contribution in [2.24, 2.45) is 5.92 Å². The highest BCUT2D eigenvalue weighted by Gasteiger charge is 2.32. The van der Waals surface area contributed by atoms with Crippen molar-refractivity contribution in [1.29, 1.82) is 0 Å². The van der Waals surface area contributed by atoms with Crippen LogP contribution in [0.1, 0.15) is 31.4 Å². The number of carboxylic acids is 1. The number of nitrogens with one attached hydrogen (secondary N) is 1. The number of carboxylic acid groups (broad SMARTS) is 1. The molecule has 1 aliphatic carbocycles. The Morgan fingerprint density at radius 2 is 2.26 bits per heavy atom. The maximum absolute atomic E-state index is 11.7. The molecular weight excluding hydrogens is 292 g/mol. The SMILES string of the molecule is CO[C@H]1C=Cc2c3c([nH]c2=C1)=C(CC(C)C)N(C)[C@H](C(=O)O)C3. The van der Waals surface area contributed by atoms with Gasteiger partial charge in [-0.05, 0) is 24.0 Å². The summed E-state index contributed by atoms with van der Waals surface area (Å²) in [6, 6.07) is -0.510. The van der Waals surface area contributed by atoms with Crippen molar-refractivity contribution in [2.75, 3.05) is 14.2 Å². The van der Waals surface area contributed by atoms with E-state index in [1.165, 1.54) is 0 Å². The van der Waals surface area contributed by atoms with Crippen LogP contribution in [0.2, 0.25) is 0 Å². The Labute approximate surface area is 135 Å². The molecular formula is C18H24N2O3. The van der Waals surface area contributed by atoms with Gasteiger partial charge in [0.05, 0.1) is 11.5 Å². The number of hydrogen-bond donors (Lipinski definition) is 2. The Hall–Kier alpha value is -2.01. The van der Waals surface area contributed by atoms with Gasteiger partial charge in [0.15, 0.2) is 0 Å². The molecule has 2 N–H and O–H groups in total. The van der Waals surface area contributed by atoms with Gasteiger partial charge in [-0.15, -0.1) is 0 Å². The molecule has 0 saturated carbocycles. The minimum Gasteiger partial charge on any atom is -0.480 e. The summed E-state index contributed by atoms with van der Waals surface area (Å²) >= 11 is 0. The molecule has 0 aromatic carbocycles. The van der Waals surface area contributed by atoms with Crippen LogP contribution in [-0.4, -0.2) is 47.3 Å². The molecule has 1 aromatic heterocycles. The van der Waals surface area contributed by atoms with Crippen LogP contribution in [-0.2, 0) is 16.0 Å². The van der Waals surface area contributed by atoms with Gasteiger partial charge in [0.1, 0.15) is 6.04 Å². The van der Waals surface area contributed by atoms with Gasteiger partial charge in [-0.3, -0.25) is 0 Å². The first-order chi connectivity index (χ1) is 10.9. The van der Waals surface area contributed by atoms with E-state index in [0.717, 1.165) is 33.9 Å². The van der Waals surface area contributed by atoms with Crippen LogP contribution in [0.25, 0.3) is 17.8 Å². The molecule has 1 aliphatic heterocycles. The van der Waals surface area contributed by atoms with E-state index in [0.29, 0.717) is 12.3 Å². The van der Waals surface area contributed by atoms with Gasteiger partial charge in [-0.2, -0.15) is 0 Å². The second-order valence-electron chi connectivity index (χ2n) is 6.75. The number of likely N-dealkylation sites (N-methyl/N-ethyl adjacent to an activating group) is 1. The van der Waals surface area contributed by atoms with Crippen molar-refractivity contribution in [2.45, 2.75) is 38.8 Å². The van der Waals surface area contributed by atoms with Crippen molar-refractivity contribution < 1.29 is 14.6 Å². The smallest absolute Gasteiger partial charge is 0.326 e. The number of H-pyrrole nitrogens is 1. The normalized spacial score (nSPS) is 22.8. The monoisotopic (exact) mass is 316 g/mol. The second kappa shape index (κ2) is 5.89. The lowest BCUT2D eigenvalue weighted by molar-refractivity contribution is -0.141.